The van der Waals surface area contributed by atoms with Gasteiger partial charge in [-0.15, -0.1) is 0 Å². The lowest BCUT2D eigenvalue weighted by Gasteiger charge is -2.24. The molecule has 0 saturated carbocycles. The largest absolute Gasteiger partial charge is 0.299 e. The number of nitrogens with zero attached hydrogens (tertiary/aromatic N) is 1. The van der Waals surface area contributed by atoms with Crippen LogP contribution >= 0.6 is 0 Å². The molecule has 1 aliphatic rings. The fraction of sp³-hybridized carbons (Fsp3) is 0.600. The van der Waals surface area contributed by atoms with E-state index < -0.39 is 10.2 Å². The highest BCUT2D eigenvalue weighted by Crippen LogP contribution is 2.14. The first-order valence-corrected chi connectivity index (χ1v) is 9.15. The summed E-state index contributed by atoms with van der Waals surface area (Å²) in [5.74, 6) is 0. The van der Waals surface area contributed by atoms with Gasteiger partial charge in [-0.1, -0.05) is 43.5 Å². The Hall–Kier alpha value is -0.950. The van der Waals surface area contributed by atoms with E-state index in [2.05, 4.69) is 21.8 Å². The van der Waals surface area contributed by atoms with Crippen LogP contribution in [0.2, 0.25) is 0 Å². The van der Waals surface area contributed by atoms with Gasteiger partial charge < -0.3 is 0 Å². The van der Waals surface area contributed by atoms with Gasteiger partial charge in [-0.05, 0) is 37.1 Å². The summed E-state index contributed by atoms with van der Waals surface area (Å²) in [6.07, 6.45) is 6.63. The molecule has 1 saturated heterocycles. The van der Waals surface area contributed by atoms with Gasteiger partial charge in [-0.25, -0.2) is 5.14 Å². The van der Waals surface area contributed by atoms with E-state index in [0.29, 0.717) is 0 Å². The molecule has 1 aromatic rings. The average Bonchev–Trinajstić information content (AvgIpc) is 2.40. The number of hydrogen-bond acceptors (Lipinski definition) is 3. The molecule has 0 bridgehead atoms. The molecule has 0 aliphatic carbocycles. The molecular weight excluding hydrogens is 286 g/mol. The first-order valence-electron chi connectivity index (χ1n) is 7.60. The Kier molecular flexibility index (Phi) is 6.17. The van der Waals surface area contributed by atoms with Crippen molar-refractivity contribution in [2.24, 2.45) is 5.14 Å². The average molecular weight is 311 g/mol. The molecule has 6 heteroatoms. The van der Waals surface area contributed by atoms with E-state index >= 15 is 0 Å². The van der Waals surface area contributed by atoms with Gasteiger partial charge in [0, 0.05) is 13.1 Å². The zero-order chi connectivity index (χ0) is 15.1. The lowest BCUT2D eigenvalue weighted by molar-refractivity contribution is 0.240. The highest BCUT2D eigenvalue weighted by Gasteiger charge is 2.09. The molecule has 1 fully saturated rings. The zero-order valence-corrected chi connectivity index (χ0v) is 13.2. The van der Waals surface area contributed by atoms with Crippen LogP contribution in [-0.4, -0.2) is 26.4 Å². The molecule has 0 aromatic heterocycles. The molecule has 1 aromatic carbocycles. The zero-order valence-electron chi connectivity index (χ0n) is 12.4. The van der Waals surface area contributed by atoms with Crippen molar-refractivity contribution in [1.82, 2.24) is 9.62 Å². The van der Waals surface area contributed by atoms with Crippen molar-refractivity contribution in [1.29, 1.82) is 0 Å². The monoisotopic (exact) mass is 311 g/mol. The molecule has 21 heavy (non-hydrogen) atoms. The standard InChI is InChI=1S/C15H25N3O2S/c16-21(19,20)17-12-14-6-8-15(9-7-14)13-18-10-4-2-1-3-5-11-18/h6-9,17H,1-5,10-13H2,(H2,16,19,20). The summed E-state index contributed by atoms with van der Waals surface area (Å²) in [4.78, 5) is 2.51. The van der Waals surface area contributed by atoms with Crippen LogP contribution in [0.25, 0.3) is 0 Å². The summed E-state index contributed by atoms with van der Waals surface area (Å²) in [7, 11) is -3.62. The summed E-state index contributed by atoms with van der Waals surface area (Å²) in [5.41, 5.74) is 2.19. The van der Waals surface area contributed by atoms with E-state index in [1.807, 2.05) is 12.1 Å². The van der Waals surface area contributed by atoms with Crippen LogP contribution in [0.4, 0.5) is 0 Å². The predicted octanol–water partition coefficient (Wildman–Crippen LogP) is 1.75. The van der Waals surface area contributed by atoms with Crippen molar-refractivity contribution in [3.63, 3.8) is 0 Å². The van der Waals surface area contributed by atoms with E-state index in [1.165, 1.54) is 50.8 Å². The van der Waals surface area contributed by atoms with Gasteiger partial charge >= 0.3 is 0 Å². The van der Waals surface area contributed by atoms with Crippen LogP contribution < -0.4 is 9.86 Å². The Balaban J connectivity index is 1.86. The summed E-state index contributed by atoms with van der Waals surface area (Å²) < 4.78 is 24.0. The van der Waals surface area contributed by atoms with E-state index in [0.717, 1.165) is 12.1 Å². The molecule has 2 rings (SSSR count). The molecule has 0 radical (unpaired) electrons. The third-order valence-electron chi connectivity index (χ3n) is 3.86. The molecule has 118 valence electrons. The molecule has 5 nitrogen and oxygen atoms in total. The second kappa shape index (κ2) is 7.89. The van der Waals surface area contributed by atoms with Gasteiger partial charge in [0.25, 0.3) is 10.2 Å². The maximum absolute atomic E-state index is 10.9. The topological polar surface area (TPSA) is 75.4 Å². The minimum atomic E-state index is -3.62. The van der Waals surface area contributed by atoms with Crippen molar-refractivity contribution in [2.75, 3.05) is 13.1 Å². The van der Waals surface area contributed by atoms with E-state index in [1.54, 1.807) is 0 Å². The van der Waals surface area contributed by atoms with Crippen molar-refractivity contribution < 1.29 is 8.42 Å². The Morgan fingerprint density at radius 3 is 2.05 bits per heavy atom. The summed E-state index contributed by atoms with van der Waals surface area (Å²) in [6, 6.07) is 8.05. The number of likely N-dealkylation sites (tertiary alicyclic amines) is 1. The van der Waals surface area contributed by atoms with Gasteiger partial charge in [0.1, 0.15) is 0 Å². The number of nitrogens with two attached hydrogens (primary N) is 1. The lowest BCUT2D eigenvalue weighted by Crippen LogP contribution is -2.30. The minimum Gasteiger partial charge on any atom is -0.299 e. The molecule has 1 heterocycles. The van der Waals surface area contributed by atoms with Crippen LogP contribution in [0.1, 0.15) is 43.2 Å². The Morgan fingerprint density at radius 1 is 0.952 bits per heavy atom. The van der Waals surface area contributed by atoms with Crippen LogP contribution in [0.15, 0.2) is 24.3 Å². The highest BCUT2D eigenvalue weighted by molar-refractivity contribution is 7.87. The highest BCUT2D eigenvalue weighted by atomic mass is 32.2. The van der Waals surface area contributed by atoms with Crippen molar-refractivity contribution in [2.45, 2.75) is 45.2 Å². The maximum Gasteiger partial charge on any atom is 0.274 e. The quantitative estimate of drug-likeness (QED) is 0.870. The Labute approximate surface area is 127 Å². The minimum absolute atomic E-state index is 0.239. The Bertz CT molecular complexity index is 520. The van der Waals surface area contributed by atoms with Crippen molar-refractivity contribution in [3.05, 3.63) is 35.4 Å². The van der Waals surface area contributed by atoms with Crippen molar-refractivity contribution >= 4 is 10.2 Å². The fourth-order valence-electron chi connectivity index (χ4n) is 2.68. The summed E-state index contributed by atoms with van der Waals surface area (Å²) in [5, 5.41) is 4.92. The number of rotatable bonds is 5. The number of nitrogens with one attached hydrogen (secondary N) is 1. The van der Waals surface area contributed by atoms with E-state index in [-0.39, 0.29) is 6.54 Å². The fourth-order valence-corrected chi connectivity index (χ4v) is 3.04. The first kappa shape index (κ1) is 16.4. The third kappa shape index (κ3) is 6.56. The molecular formula is C15H25N3O2S. The Morgan fingerprint density at radius 2 is 1.48 bits per heavy atom. The van der Waals surface area contributed by atoms with Crippen LogP contribution in [0, 0.1) is 0 Å². The van der Waals surface area contributed by atoms with Crippen LogP contribution in [0.3, 0.4) is 0 Å². The molecule has 1 aliphatic heterocycles. The normalized spacial score (nSPS) is 18.1. The number of benzene rings is 1. The van der Waals surface area contributed by atoms with Gasteiger partial charge in [0.15, 0.2) is 0 Å². The lowest BCUT2D eigenvalue weighted by atomic mass is 10.1. The van der Waals surface area contributed by atoms with Crippen molar-refractivity contribution in [3.8, 4) is 0 Å². The summed E-state index contributed by atoms with van der Waals surface area (Å²) in [6.45, 7) is 3.56. The molecule has 0 spiro atoms. The molecule has 0 unspecified atom stereocenters. The summed E-state index contributed by atoms with van der Waals surface area (Å²) >= 11 is 0. The number of hydrogen-bond donors (Lipinski definition) is 2. The third-order valence-corrected chi connectivity index (χ3v) is 4.40. The smallest absolute Gasteiger partial charge is 0.274 e. The predicted molar refractivity (Wildman–Crippen MR) is 84.8 cm³/mol. The SMILES string of the molecule is NS(=O)(=O)NCc1ccc(CN2CCCCCCC2)cc1. The van der Waals surface area contributed by atoms with E-state index in [9.17, 15) is 8.42 Å². The van der Waals surface area contributed by atoms with Gasteiger partial charge in [-0.2, -0.15) is 13.1 Å². The molecule has 3 N–H and O–H groups in total. The second-order valence-corrected chi connectivity index (χ2v) is 7.11. The molecule has 0 atom stereocenters. The maximum atomic E-state index is 10.9. The first-order chi connectivity index (χ1) is 10.0. The van der Waals surface area contributed by atoms with Crippen LogP contribution in [-0.2, 0) is 23.3 Å². The second-order valence-electron chi connectivity index (χ2n) is 5.73. The van der Waals surface area contributed by atoms with Gasteiger partial charge in [-0.3, -0.25) is 4.90 Å². The molecule has 0 amide bonds. The van der Waals surface area contributed by atoms with Gasteiger partial charge in [0.05, 0.1) is 0 Å². The van der Waals surface area contributed by atoms with E-state index in [4.69, 9.17) is 5.14 Å². The van der Waals surface area contributed by atoms with Crippen LogP contribution in [0.5, 0.6) is 0 Å². The van der Waals surface area contributed by atoms with Gasteiger partial charge in [0.2, 0.25) is 0 Å².